The number of hydrogen-bond acceptors (Lipinski definition) is 10. The number of nitrogens with one attached hydrogen (secondary N) is 2. The Balaban J connectivity index is 1.35. The van der Waals surface area contributed by atoms with E-state index in [-0.39, 0.29) is 12.5 Å². The Bertz CT molecular complexity index is 1360. The van der Waals surface area contributed by atoms with Crippen molar-refractivity contribution in [3.63, 3.8) is 0 Å². The number of ether oxygens (including phenoxy) is 1. The summed E-state index contributed by atoms with van der Waals surface area (Å²) in [5.74, 6) is 1.84. The van der Waals surface area contributed by atoms with Gasteiger partial charge in [-0.1, -0.05) is 6.07 Å². The highest BCUT2D eigenvalue weighted by Gasteiger charge is 2.21. The number of amides is 1. The molecule has 2 aromatic heterocycles. The fourth-order valence-electron chi connectivity index (χ4n) is 4.25. The van der Waals surface area contributed by atoms with Crippen LogP contribution in [0.3, 0.4) is 0 Å². The Morgan fingerprint density at radius 3 is 2.58 bits per heavy atom. The van der Waals surface area contributed by atoms with Gasteiger partial charge in [-0.2, -0.15) is 0 Å². The molecule has 0 aliphatic carbocycles. The van der Waals surface area contributed by atoms with E-state index in [0.29, 0.717) is 17.6 Å². The Hall–Kier alpha value is -4.38. The number of methoxy groups -OCH3 is 1. The third-order valence-corrected chi connectivity index (χ3v) is 6.11. The van der Waals surface area contributed by atoms with Crippen LogP contribution in [-0.2, 0) is 4.79 Å². The average Bonchev–Trinajstić information content (AvgIpc) is 2.93. The highest BCUT2D eigenvalue weighted by molar-refractivity contribution is 6.05. The summed E-state index contributed by atoms with van der Waals surface area (Å²) in [6, 6.07) is 11.7. The molecule has 2 N–H and O–H groups in total. The summed E-state index contributed by atoms with van der Waals surface area (Å²) < 4.78 is 5.43. The van der Waals surface area contributed by atoms with Crippen molar-refractivity contribution in [3.8, 4) is 17.0 Å². The zero-order chi connectivity index (χ0) is 24.9. The van der Waals surface area contributed by atoms with Crippen LogP contribution in [0.1, 0.15) is 0 Å². The van der Waals surface area contributed by atoms with Crippen molar-refractivity contribution in [1.29, 1.82) is 0 Å². The van der Waals surface area contributed by atoms with Crippen LogP contribution < -0.4 is 20.3 Å². The maximum Gasteiger partial charge on any atom is 0.238 e. The Kier molecular flexibility index (Phi) is 6.80. The number of carbonyl (C=O) groups excluding carboxylic acids is 1. The molecule has 0 atom stereocenters. The number of fused-ring (bicyclic) bond motifs is 1. The average molecular weight is 486 g/mol. The van der Waals surface area contributed by atoms with Gasteiger partial charge in [-0.25, -0.2) is 24.9 Å². The fraction of sp³-hybridized carbons (Fsp3) is 0.280. The van der Waals surface area contributed by atoms with Gasteiger partial charge in [0.25, 0.3) is 0 Å². The molecule has 1 aliphatic rings. The van der Waals surface area contributed by atoms with E-state index in [1.54, 1.807) is 20.4 Å². The Morgan fingerprint density at radius 2 is 1.83 bits per heavy atom. The first-order valence-electron chi connectivity index (χ1n) is 11.6. The lowest BCUT2D eigenvalue weighted by Gasteiger charge is -2.34. The molecule has 11 heteroatoms. The van der Waals surface area contributed by atoms with Gasteiger partial charge in [-0.05, 0) is 35.7 Å². The minimum absolute atomic E-state index is 0.0801. The second kappa shape index (κ2) is 10.5. The monoisotopic (exact) mass is 485 g/mol. The first-order chi connectivity index (χ1) is 17.6. The van der Waals surface area contributed by atoms with E-state index >= 15 is 0 Å². The van der Waals surface area contributed by atoms with Crippen molar-refractivity contribution < 1.29 is 9.53 Å². The van der Waals surface area contributed by atoms with Gasteiger partial charge in [-0.3, -0.25) is 9.69 Å². The molecule has 4 aromatic rings. The van der Waals surface area contributed by atoms with Crippen molar-refractivity contribution in [2.75, 3.05) is 62.4 Å². The maximum atomic E-state index is 13.1. The predicted octanol–water partition coefficient (Wildman–Crippen LogP) is 2.29. The lowest BCUT2D eigenvalue weighted by molar-refractivity contribution is -0.117. The van der Waals surface area contributed by atoms with Crippen LogP contribution in [0.25, 0.3) is 22.0 Å². The quantitative estimate of drug-likeness (QED) is 0.403. The first-order valence-corrected chi connectivity index (χ1v) is 11.6. The zero-order valence-corrected chi connectivity index (χ0v) is 20.2. The number of piperazine rings is 1. The molecule has 0 radical (unpaired) electrons. The van der Waals surface area contributed by atoms with Gasteiger partial charge in [-0.15, -0.1) is 0 Å². The number of benzene rings is 2. The van der Waals surface area contributed by atoms with Crippen molar-refractivity contribution in [3.05, 3.63) is 55.2 Å². The molecule has 5 rings (SSSR count). The van der Waals surface area contributed by atoms with Gasteiger partial charge in [0.05, 0.1) is 19.3 Å². The minimum atomic E-state index is -0.0801. The topological polar surface area (TPSA) is 121 Å². The maximum absolute atomic E-state index is 13.1. The third-order valence-electron chi connectivity index (χ3n) is 6.11. The number of hydrogen-bond donors (Lipinski definition) is 2. The number of rotatable bonds is 7. The zero-order valence-electron chi connectivity index (χ0n) is 20.2. The van der Waals surface area contributed by atoms with Crippen molar-refractivity contribution >= 4 is 34.3 Å². The lowest BCUT2D eigenvalue weighted by atomic mass is 10.0. The lowest BCUT2D eigenvalue weighted by Crippen LogP contribution is -2.49. The van der Waals surface area contributed by atoms with Crippen molar-refractivity contribution in [2.24, 2.45) is 0 Å². The third kappa shape index (κ3) is 5.15. The molecule has 2 aromatic carbocycles. The van der Waals surface area contributed by atoms with Crippen LogP contribution in [0.4, 0.5) is 17.6 Å². The molecule has 184 valence electrons. The number of anilines is 3. The Morgan fingerprint density at radius 1 is 1.03 bits per heavy atom. The van der Waals surface area contributed by atoms with Crippen LogP contribution in [0.5, 0.6) is 5.75 Å². The van der Waals surface area contributed by atoms with E-state index in [0.717, 1.165) is 54.0 Å². The standard InChI is InChI=1S/C25H27N9O2/c1-26-24-28-6-5-21(32-24)18-11-17-3-4-19(36-2)13-20(17)22(12-18)31-23(35)14-33-7-9-34(10-8-33)25-29-15-27-16-30-25/h3-6,11-13,15-16H,7-10,14H2,1-2H3,(H,31,35)(H,26,28,32). The molecule has 36 heavy (non-hydrogen) atoms. The van der Waals surface area contributed by atoms with Gasteiger partial charge >= 0.3 is 0 Å². The second-order valence-electron chi connectivity index (χ2n) is 8.38. The molecular formula is C25H27N9O2. The molecule has 0 saturated carbocycles. The van der Waals surface area contributed by atoms with Gasteiger partial charge in [0, 0.05) is 56.1 Å². The molecule has 0 spiro atoms. The second-order valence-corrected chi connectivity index (χ2v) is 8.38. The van der Waals surface area contributed by atoms with E-state index in [9.17, 15) is 4.79 Å². The molecule has 3 heterocycles. The van der Waals surface area contributed by atoms with Crippen molar-refractivity contribution in [2.45, 2.75) is 0 Å². The molecule has 1 aliphatic heterocycles. The molecule has 1 fully saturated rings. The summed E-state index contributed by atoms with van der Waals surface area (Å²) in [5, 5.41) is 7.96. The molecule has 0 bridgehead atoms. The minimum Gasteiger partial charge on any atom is -0.497 e. The van der Waals surface area contributed by atoms with Gasteiger partial charge in [0.2, 0.25) is 17.8 Å². The van der Waals surface area contributed by atoms with Gasteiger partial charge < -0.3 is 20.3 Å². The first kappa shape index (κ1) is 23.4. The summed E-state index contributed by atoms with van der Waals surface area (Å²) in [7, 11) is 3.41. The summed E-state index contributed by atoms with van der Waals surface area (Å²) in [4.78, 5) is 38.4. The summed E-state index contributed by atoms with van der Waals surface area (Å²) in [5.41, 5.74) is 2.35. The van der Waals surface area contributed by atoms with Crippen LogP contribution in [0.15, 0.2) is 55.2 Å². The van der Waals surface area contributed by atoms with Gasteiger partial charge in [0.1, 0.15) is 18.4 Å². The highest BCUT2D eigenvalue weighted by Crippen LogP contribution is 2.33. The van der Waals surface area contributed by atoms with E-state index < -0.39 is 0 Å². The number of carbonyl (C=O) groups is 1. The van der Waals surface area contributed by atoms with Gasteiger partial charge in [0.15, 0.2) is 0 Å². The normalized spacial score (nSPS) is 14.0. The molecule has 1 saturated heterocycles. The number of nitrogens with zero attached hydrogens (tertiary/aromatic N) is 7. The molecule has 0 unspecified atom stereocenters. The van der Waals surface area contributed by atoms with E-state index in [4.69, 9.17) is 4.74 Å². The highest BCUT2D eigenvalue weighted by atomic mass is 16.5. The van der Waals surface area contributed by atoms with Crippen molar-refractivity contribution in [1.82, 2.24) is 29.8 Å². The summed E-state index contributed by atoms with van der Waals surface area (Å²) in [6.07, 6.45) is 4.70. The molecular weight excluding hydrogens is 458 g/mol. The van der Waals surface area contributed by atoms with Crippen LogP contribution in [-0.4, -0.2) is 82.6 Å². The smallest absolute Gasteiger partial charge is 0.238 e. The molecule has 11 nitrogen and oxygen atoms in total. The number of aromatic nitrogens is 5. The SMILES string of the molecule is CNc1nccc(-c2cc(NC(=O)CN3CCN(c4ncncn4)CC3)c3cc(OC)ccc3c2)n1. The Labute approximate surface area is 208 Å². The predicted molar refractivity (Wildman–Crippen MR) is 138 cm³/mol. The molecule has 1 amide bonds. The van der Waals surface area contributed by atoms with Crippen LogP contribution in [0.2, 0.25) is 0 Å². The van der Waals surface area contributed by atoms with E-state index in [1.807, 2.05) is 36.4 Å². The largest absolute Gasteiger partial charge is 0.497 e. The van der Waals surface area contributed by atoms with Crippen LogP contribution in [0, 0.1) is 0 Å². The summed E-state index contributed by atoms with van der Waals surface area (Å²) in [6.45, 7) is 3.25. The fourth-order valence-corrected chi connectivity index (χ4v) is 4.25. The summed E-state index contributed by atoms with van der Waals surface area (Å²) >= 11 is 0. The van der Waals surface area contributed by atoms with E-state index in [2.05, 4.69) is 45.4 Å². The van der Waals surface area contributed by atoms with E-state index in [1.165, 1.54) is 12.7 Å². The van der Waals surface area contributed by atoms with Crippen LogP contribution >= 0.6 is 0 Å².